The summed E-state index contributed by atoms with van der Waals surface area (Å²) < 4.78 is 1.86. The largest absolute Gasteiger partial charge is 0.341 e. The molecule has 1 amide bonds. The molecule has 0 spiro atoms. The molecule has 2 aromatic carbocycles. The first-order valence-electron chi connectivity index (χ1n) is 9.78. The second-order valence-electron chi connectivity index (χ2n) is 7.55. The third kappa shape index (κ3) is 3.90. The van der Waals surface area contributed by atoms with Gasteiger partial charge in [-0.3, -0.25) is 4.79 Å². The number of pyridine rings is 1. The summed E-state index contributed by atoms with van der Waals surface area (Å²) in [6, 6.07) is 20.1. The Morgan fingerprint density at radius 1 is 0.966 bits per heavy atom. The van der Waals surface area contributed by atoms with Crippen molar-refractivity contribution in [2.24, 2.45) is 0 Å². The average Bonchev–Trinajstić information content (AvgIpc) is 3.17. The molecule has 0 aliphatic carbocycles. The molecule has 5 heteroatoms. The Bertz CT molecular complexity index is 1130. The first-order valence-corrected chi connectivity index (χ1v) is 9.78. The van der Waals surface area contributed by atoms with Crippen LogP contribution in [0.25, 0.3) is 11.0 Å². The van der Waals surface area contributed by atoms with Crippen molar-refractivity contribution in [1.82, 2.24) is 20.1 Å². The number of rotatable bonds is 5. The second kappa shape index (κ2) is 7.87. The molecule has 0 fully saturated rings. The van der Waals surface area contributed by atoms with Gasteiger partial charge in [0.15, 0.2) is 5.65 Å². The maximum absolute atomic E-state index is 13.1. The highest BCUT2D eigenvalue weighted by molar-refractivity contribution is 5.97. The van der Waals surface area contributed by atoms with Gasteiger partial charge in [-0.25, -0.2) is 9.67 Å². The molecular formula is C24H24N4O. The van der Waals surface area contributed by atoms with E-state index in [0.717, 1.165) is 22.2 Å². The highest BCUT2D eigenvalue weighted by atomic mass is 16.1. The van der Waals surface area contributed by atoms with Crippen LogP contribution in [-0.2, 0) is 0 Å². The molecule has 0 saturated heterocycles. The standard InChI is InChI=1S/C24H24N4O/c1-16(2)28-23-20(15-26-28)13-21(14-25-23)24(29)27-22(18-7-5-4-6-8-18)19-11-9-17(3)10-12-19/h4-16,22H,1-3H3,(H,27,29). The topological polar surface area (TPSA) is 59.8 Å². The number of aryl methyl sites for hydroxylation is 1. The Balaban J connectivity index is 1.66. The van der Waals surface area contributed by atoms with Crippen molar-refractivity contribution in [1.29, 1.82) is 0 Å². The number of hydrogen-bond acceptors (Lipinski definition) is 3. The fourth-order valence-electron chi connectivity index (χ4n) is 3.42. The molecule has 2 aromatic heterocycles. The van der Waals surface area contributed by atoms with Gasteiger partial charge in [0, 0.05) is 17.6 Å². The minimum absolute atomic E-state index is 0.161. The van der Waals surface area contributed by atoms with Crippen LogP contribution in [0.1, 0.15) is 53.0 Å². The van der Waals surface area contributed by atoms with Gasteiger partial charge in [0.2, 0.25) is 0 Å². The third-order valence-electron chi connectivity index (χ3n) is 5.00. The summed E-state index contributed by atoms with van der Waals surface area (Å²) in [5, 5.41) is 8.41. The maximum atomic E-state index is 13.1. The summed E-state index contributed by atoms with van der Waals surface area (Å²) in [4.78, 5) is 17.6. The number of fused-ring (bicyclic) bond motifs is 1. The molecule has 1 unspecified atom stereocenters. The molecule has 0 bridgehead atoms. The third-order valence-corrected chi connectivity index (χ3v) is 5.00. The molecule has 4 rings (SSSR count). The number of nitrogens with zero attached hydrogens (tertiary/aromatic N) is 3. The zero-order chi connectivity index (χ0) is 20.4. The minimum Gasteiger partial charge on any atom is -0.341 e. The van der Waals surface area contributed by atoms with Gasteiger partial charge in [0.25, 0.3) is 5.91 Å². The Morgan fingerprint density at radius 3 is 2.34 bits per heavy atom. The fraction of sp³-hybridized carbons (Fsp3) is 0.208. The van der Waals surface area contributed by atoms with Gasteiger partial charge in [-0.2, -0.15) is 5.10 Å². The van der Waals surface area contributed by atoms with Gasteiger partial charge in [-0.05, 0) is 38.0 Å². The lowest BCUT2D eigenvalue weighted by molar-refractivity contribution is 0.0943. The smallest absolute Gasteiger partial charge is 0.253 e. The molecule has 1 N–H and O–H groups in total. The number of nitrogens with one attached hydrogen (secondary N) is 1. The fourth-order valence-corrected chi connectivity index (χ4v) is 3.42. The molecule has 146 valence electrons. The van der Waals surface area contributed by atoms with Crippen molar-refractivity contribution in [2.75, 3.05) is 0 Å². The summed E-state index contributed by atoms with van der Waals surface area (Å²) in [6.07, 6.45) is 3.38. The van der Waals surface area contributed by atoms with Crippen LogP contribution in [-0.4, -0.2) is 20.7 Å². The molecule has 0 aliphatic heterocycles. The van der Waals surface area contributed by atoms with Crippen LogP contribution in [0.15, 0.2) is 73.1 Å². The SMILES string of the molecule is Cc1ccc(C(NC(=O)c2cnc3c(cnn3C(C)C)c2)c2ccccc2)cc1. The highest BCUT2D eigenvalue weighted by Gasteiger charge is 2.19. The van der Waals surface area contributed by atoms with Crippen LogP contribution in [0.2, 0.25) is 0 Å². The van der Waals surface area contributed by atoms with Gasteiger partial charge < -0.3 is 5.32 Å². The number of carbonyl (C=O) groups is 1. The maximum Gasteiger partial charge on any atom is 0.253 e. The van der Waals surface area contributed by atoms with E-state index in [0.29, 0.717) is 5.56 Å². The van der Waals surface area contributed by atoms with Crippen molar-refractivity contribution in [3.8, 4) is 0 Å². The Morgan fingerprint density at radius 2 is 1.66 bits per heavy atom. The van der Waals surface area contributed by atoms with Gasteiger partial charge in [-0.1, -0.05) is 60.2 Å². The Hall–Kier alpha value is -3.47. The van der Waals surface area contributed by atoms with E-state index in [4.69, 9.17) is 0 Å². The normalized spacial score (nSPS) is 12.3. The lowest BCUT2D eigenvalue weighted by Crippen LogP contribution is -2.29. The molecule has 4 aromatic rings. The molecular weight excluding hydrogens is 360 g/mol. The number of carbonyl (C=O) groups excluding carboxylic acids is 1. The second-order valence-corrected chi connectivity index (χ2v) is 7.55. The zero-order valence-corrected chi connectivity index (χ0v) is 16.8. The van der Waals surface area contributed by atoms with Crippen LogP contribution in [0.5, 0.6) is 0 Å². The van der Waals surface area contributed by atoms with Gasteiger partial charge in [0.1, 0.15) is 0 Å². The van der Waals surface area contributed by atoms with E-state index in [2.05, 4.69) is 60.4 Å². The Labute approximate surface area is 170 Å². The molecule has 0 radical (unpaired) electrons. The van der Waals surface area contributed by atoms with Crippen LogP contribution in [0.3, 0.4) is 0 Å². The number of aromatic nitrogens is 3. The van der Waals surface area contributed by atoms with Gasteiger partial charge >= 0.3 is 0 Å². The van der Waals surface area contributed by atoms with Crippen molar-refractivity contribution in [2.45, 2.75) is 32.9 Å². The predicted molar refractivity (Wildman–Crippen MR) is 115 cm³/mol. The Kier molecular flexibility index (Phi) is 5.12. The molecule has 0 aliphatic rings. The molecule has 29 heavy (non-hydrogen) atoms. The van der Waals surface area contributed by atoms with Crippen molar-refractivity contribution in [3.05, 3.63) is 95.3 Å². The van der Waals surface area contributed by atoms with Crippen LogP contribution in [0.4, 0.5) is 0 Å². The summed E-state index contributed by atoms with van der Waals surface area (Å²) in [7, 11) is 0. The summed E-state index contributed by atoms with van der Waals surface area (Å²) in [5.74, 6) is -0.161. The van der Waals surface area contributed by atoms with E-state index in [1.807, 2.05) is 41.1 Å². The quantitative estimate of drug-likeness (QED) is 0.536. The summed E-state index contributed by atoms with van der Waals surface area (Å²) in [5.41, 5.74) is 4.57. The van der Waals surface area contributed by atoms with E-state index in [1.165, 1.54) is 5.56 Å². The average molecular weight is 384 g/mol. The number of hydrogen-bond donors (Lipinski definition) is 1. The van der Waals surface area contributed by atoms with Gasteiger partial charge in [0.05, 0.1) is 17.8 Å². The molecule has 2 heterocycles. The number of amides is 1. The van der Waals surface area contributed by atoms with Crippen molar-refractivity contribution in [3.63, 3.8) is 0 Å². The van der Waals surface area contributed by atoms with Crippen molar-refractivity contribution < 1.29 is 4.79 Å². The first kappa shape index (κ1) is 18.9. The van der Waals surface area contributed by atoms with Crippen LogP contribution >= 0.6 is 0 Å². The van der Waals surface area contributed by atoms with E-state index < -0.39 is 0 Å². The lowest BCUT2D eigenvalue weighted by atomic mass is 9.97. The van der Waals surface area contributed by atoms with Crippen molar-refractivity contribution >= 4 is 16.9 Å². The van der Waals surface area contributed by atoms with E-state index in [-0.39, 0.29) is 18.0 Å². The first-order chi connectivity index (χ1) is 14.0. The monoisotopic (exact) mass is 384 g/mol. The molecule has 1 atom stereocenters. The molecule has 5 nitrogen and oxygen atoms in total. The molecule has 0 saturated carbocycles. The van der Waals surface area contributed by atoms with Crippen LogP contribution < -0.4 is 5.32 Å². The van der Waals surface area contributed by atoms with E-state index >= 15 is 0 Å². The lowest BCUT2D eigenvalue weighted by Gasteiger charge is -2.20. The summed E-state index contributed by atoms with van der Waals surface area (Å²) >= 11 is 0. The highest BCUT2D eigenvalue weighted by Crippen LogP contribution is 2.24. The number of benzene rings is 2. The van der Waals surface area contributed by atoms with Gasteiger partial charge in [-0.15, -0.1) is 0 Å². The van der Waals surface area contributed by atoms with E-state index in [1.54, 1.807) is 12.4 Å². The van der Waals surface area contributed by atoms with Crippen LogP contribution in [0, 0.1) is 6.92 Å². The van der Waals surface area contributed by atoms with E-state index in [9.17, 15) is 4.79 Å². The summed E-state index contributed by atoms with van der Waals surface area (Å²) in [6.45, 7) is 6.17. The predicted octanol–water partition coefficient (Wildman–Crippen LogP) is 4.84. The zero-order valence-electron chi connectivity index (χ0n) is 16.8. The minimum atomic E-state index is -0.238.